The quantitative estimate of drug-likeness (QED) is 0.489. The maximum Gasteiger partial charge on any atom is 0.282 e. The van der Waals surface area contributed by atoms with Crippen LogP contribution >= 0.6 is 11.3 Å². The van der Waals surface area contributed by atoms with Crippen LogP contribution in [0.25, 0.3) is 5.57 Å². The molecule has 2 aromatic carbocycles. The largest absolute Gasteiger partial charge is 0.489 e. The molecule has 0 aliphatic carbocycles. The van der Waals surface area contributed by atoms with E-state index in [4.69, 9.17) is 4.74 Å². The highest BCUT2D eigenvalue weighted by molar-refractivity contribution is 7.11. The van der Waals surface area contributed by atoms with Gasteiger partial charge in [0.15, 0.2) is 0 Å². The number of thiophene rings is 1. The zero-order valence-electron chi connectivity index (χ0n) is 18.4. The average molecular weight is 462 g/mol. The van der Waals surface area contributed by atoms with E-state index in [1.165, 1.54) is 18.3 Å². The van der Waals surface area contributed by atoms with Crippen LogP contribution in [0, 0.1) is 0 Å². The number of anilines is 3. The van der Waals surface area contributed by atoms with E-state index >= 15 is 0 Å². The lowest BCUT2D eigenvalue weighted by atomic mass is 10.1. The van der Waals surface area contributed by atoms with Gasteiger partial charge in [-0.3, -0.25) is 14.4 Å². The fraction of sp³-hybridized carbons (Fsp3) is 0.160. The van der Waals surface area contributed by atoms with Gasteiger partial charge < -0.3 is 15.4 Å². The number of nitrogens with one attached hydrogen (secondary N) is 2. The van der Waals surface area contributed by atoms with Crippen LogP contribution < -0.4 is 20.3 Å². The Balaban J connectivity index is 1.72. The number of nitrogens with zero attached hydrogens (tertiary/aromatic N) is 1. The number of hydrogen-bond acceptors (Lipinski definition) is 6. The average Bonchev–Trinajstić information content (AvgIpc) is 3.36. The molecule has 0 saturated heterocycles. The zero-order chi connectivity index (χ0) is 23.5. The molecular formula is C25H23N3O4S. The van der Waals surface area contributed by atoms with Crippen LogP contribution in [0.15, 0.2) is 71.7 Å². The van der Waals surface area contributed by atoms with Gasteiger partial charge in [0.2, 0.25) is 5.91 Å². The molecule has 0 bridgehead atoms. The monoisotopic (exact) mass is 461 g/mol. The summed E-state index contributed by atoms with van der Waals surface area (Å²) in [5.74, 6) is -0.595. The van der Waals surface area contributed by atoms with Crippen LogP contribution in [-0.4, -0.2) is 23.8 Å². The zero-order valence-corrected chi connectivity index (χ0v) is 19.2. The predicted molar refractivity (Wildman–Crippen MR) is 130 cm³/mol. The van der Waals surface area contributed by atoms with Crippen molar-refractivity contribution in [2.45, 2.75) is 26.9 Å². The van der Waals surface area contributed by atoms with Crippen LogP contribution in [0.3, 0.4) is 0 Å². The minimum atomic E-state index is -0.464. The second-order valence-electron chi connectivity index (χ2n) is 7.69. The molecule has 1 aliphatic rings. The summed E-state index contributed by atoms with van der Waals surface area (Å²) in [6, 6.07) is 17.6. The maximum absolute atomic E-state index is 13.6. The lowest BCUT2D eigenvalue weighted by Gasteiger charge is -2.20. The van der Waals surface area contributed by atoms with E-state index in [-0.39, 0.29) is 17.7 Å². The molecule has 168 valence electrons. The Morgan fingerprint density at radius 1 is 0.939 bits per heavy atom. The fourth-order valence-corrected chi connectivity index (χ4v) is 4.26. The summed E-state index contributed by atoms with van der Waals surface area (Å²) in [4.78, 5) is 40.2. The highest BCUT2D eigenvalue weighted by atomic mass is 32.1. The van der Waals surface area contributed by atoms with Gasteiger partial charge in [0.25, 0.3) is 11.8 Å². The number of ether oxygens (including phenoxy) is 1. The Morgan fingerprint density at radius 3 is 2.27 bits per heavy atom. The Kier molecular flexibility index (Phi) is 6.28. The van der Waals surface area contributed by atoms with Crippen molar-refractivity contribution in [3.63, 3.8) is 0 Å². The lowest BCUT2D eigenvalue weighted by Crippen LogP contribution is -2.33. The molecule has 7 nitrogen and oxygen atoms in total. The van der Waals surface area contributed by atoms with E-state index in [0.29, 0.717) is 33.3 Å². The van der Waals surface area contributed by atoms with Crippen LogP contribution in [0.2, 0.25) is 0 Å². The maximum atomic E-state index is 13.6. The molecule has 0 radical (unpaired) electrons. The predicted octanol–water partition coefficient (Wildman–Crippen LogP) is 4.89. The van der Waals surface area contributed by atoms with Crippen LogP contribution in [0.4, 0.5) is 17.1 Å². The number of para-hydroxylation sites is 2. The van der Waals surface area contributed by atoms with Gasteiger partial charge in [-0.15, -0.1) is 11.3 Å². The molecule has 1 aromatic heterocycles. The number of carbonyl (C=O) groups is 3. The number of amides is 3. The summed E-state index contributed by atoms with van der Waals surface area (Å²) in [6.45, 7) is 5.21. The molecule has 0 unspecified atom stereocenters. The molecule has 8 heteroatoms. The number of imide groups is 1. The summed E-state index contributed by atoms with van der Waals surface area (Å²) in [7, 11) is 0. The number of hydrogen-bond donors (Lipinski definition) is 2. The first-order chi connectivity index (χ1) is 15.8. The normalized spacial score (nSPS) is 13.6. The first-order valence-electron chi connectivity index (χ1n) is 10.4. The molecule has 0 saturated carbocycles. The van der Waals surface area contributed by atoms with Crippen molar-refractivity contribution in [1.82, 2.24) is 0 Å². The summed E-state index contributed by atoms with van der Waals surface area (Å²) < 4.78 is 5.86. The van der Waals surface area contributed by atoms with E-state index in [2.05, 4.69) is 10.6 Å². The van der Waals surface area contributed by atoms with Crippen LogP contribution in [0.5, 0.6) is 5.75 Å². The SMILES string of the molecule is CC(=O)Nc1ccc(NC2=C(c3cccs3)C(=O)N(c3ccccc3OC(C)C)C2=O)cc1. The summed E-state index contributed by atoms with van der Waals surface area (Å²) in [5.41, 5.74) is 2.14. The minimum Gasteiger partial charge on any atom is -0.489 e. The van der Waals surface area contributed by atoms with Crippen molar-refractivity contribution >= 4 is 51.7 Å². The van der Waals surface area contributed by atoms with Gasteiger partial charge >= 0.3 is 0 Å². The van der Waals surface area contributed by atoms with Gasteiger partial charge in [-0.05, 0) is 61.7 Å². The number of carbonyl (C=O) groups excluding carboxylic acids is 3. The second kappa shape index (κ2) is 9.30. The minimum absolute atomic E-state index is 0.122. The van der Waals surface area contributed by atoms with Gasteiger partial charge in [0, 0.05) is 23.2 Å². The highest BCUT2D eigenvalue weighted by Crippen LogP contribution is 2.39. The standard InChI is InChI=1S/C25H23N3O4S/c1-15(2)32-20-8-5-4-7-19(20)28-24(30)22(21-9-6-14-33-21)23(25(28)31)27-18-12-10-17(11-13-18)26-16(3)29/h4-15,27H,1-3H3,(H,26,29). The van der Waals surface area contributed by atoms with E-state index < -0.39 is 11.8 Å². The summed E-state index contributed by atoms with van der Waals surface area (Å²) in [6.07, 6.45) is -0.122. The lowest BCUT2D eigenvalue weighted by molar-refractivity contribution is -0.120. The van der Waals surface area contributed by atoms with Crippen molar-refractivity contribution in [2.24, 2.45) is 0 Å². The van der Waals surface area contributed by atoms with Crippen molar-refractivity contribution in [3.8, 4) is 5.75 Å². The third kappa shape index (κ3) is 4.65. The van der Waals surface area contributed by atoms with Crippen LogP contribution in [0.1, 0.15) is 25.6 Å². The summed E-state index contributed by atoms with van der Waals surface area (Å²) >= 11 is 1.39. The molecule has 0 fully saturated rings. The fourth-order valence-electron chi connectivity index (χ4n) is 3.49. The summed E-state index contributed by atoms with van der Waals surface area (Å²) in [5, 5.41) is 7.68. The molecule has 33 heavy (non-hydrogen) atoms. The van der Waals surface area contributed by atoms with E-state index in [1.807, 2.05) is 31.4 Å². The third-order valence-corrected chi connectivity index (χ3v) is 5.68. The highest BCUT2D eigenvalue weighted by Gasteiger charge is 2.41. The molecule has 2 heterocycles. The van der Waals surface area contributed by atoms with Crippen LogP contribution in [-0.2, 0) is 14.4 Å². The third-order valence-electron chi connectivity index (χ3n) is 4.79. The topological polar surface area (TPSA) is 87.7 Å². The van der Waals surface area contributed by atoms with Gasteiger partial charge in [0.05, 0.1) is 17.4 Å². The molecular weight excluding hydrogens is 438 g/mol. The Bertz CT molecular complexity index is 1230. The molecule has 3 aromatic rings. The van der Waals surface area contributed by atoms with Crippen molar-refractivity contribution in [1.29, 1.82) is 0 Å². The van der Waals surface area contributed by atoms with Crippen molar-refractivity contribution in [3.05, 3.63) is 76.6 Å². The molecule has 3 amide bonds. The van der Waals surface area contributed by atoms with Gasteiger partial charge in [-0.1, -0.05) is 18.2 Å². The van der Waals surface area contributed by atoms with E-state index in [0.717, 1.165) is 4.90 Å². The molecule has 2 N–H and O–H groups in total. The molecule has 1 aliphatic heterocycles. The smallest absolute Gasteiger partial charge is 0.282 e. The Morgan fingerprint density at radius 2 is 1.64 bits per heavy atom. The number of rotatable bonds is 7. The molecule has 0 spiro atoms. The first kappa shape index (κ1) is 22.3. The second-order valence-corrected chi connectivity index (χ2v) is 8.64. The van der Waals surface area contributed by atoms with E-state index in [9.17, 15) is 14.4 Å². The van der Waals surface area contributed by atoms with Crippen molar-refractivity contribution in [2.75, 3.05) is 15.5 Å². The van der Waals surface area contributed by atoms with E-state index in [1.54, 1.807) is 48.5 Å². The van der Waals surface area contributed by atoms with Crippen molar-refractivity contribution < 1.29 is 19.1 Å². The molecule has 4 rings (SSSR count). The Hall–Kier alpha value is -3.91. The van der Waals surface area contributed by atoms with Gasteiger partial charge in [-0.25, -0.2) is 4.90 Å². The van der Waals surface area contributed by atoms with Gasteiger partial charge in [-0.2, -0.15) is 0 Å². The molecule has 0 atom stereocenters. The number of benzene rings is 2. The first-order valence-corrected chi connectivity index (χ1v) is 11.3. The van der Waals surface area contributed by atoms with Gasteiger partial charge in [0.1, 0.15) is 11.4 Å². The Labute approximate surface area is 195 Å².